The molecular weight excluding hydrogens is 325 g/mol. The van der Waals surface area contributed by atoms with Crippen LogP contribution in [0, 0.1) is 6.92 Å². The molecule has 0 aliphatic heterocycles. The van der Waals surface area contributed by atoms with Crippen LogP contribution < -0.4 is 4.72 Å². The van der Waals surface area contributed by atoms with Crippen LogP contribution in [0.15, 0.2) is 34.5 Å². The fourth-order valence-electron chi connectivity index (χ4n) is 1.65. The van der Waals surface area contributed by atoms with Crippen molar-refractivity contribution in [3.05, 3.63) is 45.9 Å². The van der Waals surface area contributed by atoms with Crippen LogP contribution in [-0.2, 0) is 22.7 Å². The number of thiazole rings is 1. The van der Waals surface area contributed by atoms with Crippen LogP contribution in [-0.4, -0.2) is 13.4 Å². The summed E-state index contributed by atoms with van der Waals surface area (Å²) in [7, 11) is -4.27. The lowest BCUT2D eigenvalue weighted by Crippen LogP contribution is -2.26. The van der Waals surface area contributed by atoms with E-state index in [1.54, 1.807) is 12.3 Å². The highest BCUT2D eigenvalue weighted by Gasteiger charge is 2.36. The van der Waals surface area contributed by atoms with E-state index in [2.05, 4.69) is 9.71 Å². The molecule has 0 bridgehead atoms. The monoisotopic (exact) mass is 336 g/mol. The van der Waals surface area contributed by atoms with Gasteiger partial charge in [-0.05, 0) is 19.1 Å². The summed E-state index contributed by atoms with van der Waals surface area (Å²) in [6.45, 7) is 1.60. The van der Waals surface area contributed by atoms with Gasteiger partial charge in [-0.25, -0.2) is 18.1 Å². The van der Waals surface area contributed by atoms with Gasteiger partial charge in [-0.1, -0.05) is 12.1 Å². The molecule has 0 saturated heterocycles. The summed E-state index contributed by atoms with van der Waals surface area (Å²) in [5.74, 6) is 0. The zero-order valence-electron chi connectivity index (χ0n) is 10.8. The Balaban J connectivity index is 2.28. The van der Waals surface area contributed by atoms with Crippen molar-refractivity contribution in [3.63, 3.8) is 0 Å². The minimum absolute atomic E-state index is 0.146. The Morgan fingerprint density at radius 2 is 1.95 bits per heavy atom. The molecule has 0 aliphatic carbocycles. The van der Waals surface area contributed by atoms with Gasteiger partial charge in [-0.2, -0.15) is 13.2 Å². The molecule has 0 atom stereocenters. The lowest BCUT2D eigenvalue weighted by molar-refractivity contribution is -0.139. The number of aryl methyl sites for hydroxylation is 1. The highest BCUT2D eigenvalue weighted by atomic mass is 32.2. The van der Waals surface area contributed by atoms with Crippen LogP contribution in [0.3, 0.4) is 0 Å². The smallest absolute Gasteiger partial charge is 0.245 e. The zero-order chi connectivity index (χ0) is 15.7. The van der Waals surface area contributed by atoms with Crippen molar-refractivity contribution in [2.45, 2.75) is 24.5 Å². The summed E-state index contributed by atoms with van der Waals surface area (Å²) >= 11 is 1.23. The first kappa shape index (κ1) is 15.9. The van der Waals surface area contributed by atoms with Gasteiger partial charge in [0.15, 0.2) is 0 Å². The molecule has 9 heteroatoms. The SMILES string of the molecule is Cc1csc(CNS(=O)(=O)c2ccccc2C(F)(F)F)n1. The molecular formula is C12H11F3N2O2S2. The van der Waals surface area contributed by atoms with E-state index in [0.29, 0.717) is 5.01 Å². The predicted octanol–water partition coefficient (Wildman–Crippen LogP) is 2.95. The van der Waals surface area contributed by atoms with Gasteiger partial charge >= 0.3 is 6.18 Å². The maximum atomic E-state index is 12.8. The third-order valence-electron chi connectivity index (χ3n) is 2.56. The minimum atomic E-state index is -4.73. The average molecular weight is 336 g/mol. The molecule has 0 fully saturated rings. The van der Waals surface area contributed by atoms with E-state index in [1.807, 2.05) is 0 Å². The summed E-state index contributed by atoms with van der Waals surface area (Å²) < 4.78 is 64.8. The van der Waals surface area contributed by atoms with Gasteiger partial charge in [0.25, 0.3) is 0 Å². The van der Waals surface area contributed by atoms with E-state index in [9.17, 15) is 21.6 Å². The number of hydrogen-bond acceptors (Lipinski definition) is 4. The molecule has 0 unspecified atom stereocenters. The number of aromatic nitrogens is 1. The molecule has 2 rings (SSSR count). The van der Waals surface area contributed by atoms with Crippen molar-refractivity contribution < 1.29 is 21.6 Å². The molecule has 21 heavy (non-hydrogen) atoms. The zero-order valence-corrected chi connectivity index (χ0v) is 12.4. The molecule has 0 amide bonds. The van der Waals surface area contributed by atoms with Gasteiger partial charge < -0.3 is 0 Å². The number of nitrogens with zero attached hydrogens (tertiary/aromatic N) is 1. The summed E-state index contributed by atoms with van der Waals surface area (Å²) in [5.41, 5.74) is -0.460. The molecule has 114 valence electrons. The fourth-order valence-corrected chi connectivity index (χ4v) is 3.67. The second-order valence-electron chi connectivity index (χ2n) is 4.20. The molecule has 0 radical (unpaired) electrons. The van der Waals surface area contributed by atoms with Crippen molar-refractivity contribution in [3.8, 4) is 0 Å². The van der Waals surface area contributed by atoms with Gasteiger partial charge in [0, 0.05) is 11.1 Å². The summed E-state index contributed by atoms with van der Waals surface area (Å²) in [5, 5.41) is 2.22. The molecule has 0 aliphatic rings. The largest absolute Gasteiger partial charge is 0.417 e. The Labute approximate surface area is 123 Å². The van der Waals surface area contributed by atoms with E-state index in [1.165, 1.54) is 17.4 Å². The van der Waals surface area contributed by atoms with Crippen LogP contribution in [0.25, 0.3) is 0 Å². The molecule has 4 nitrogen and oxygen atoms in total. The normalized spacial score (nSPS) is 12.6. The van der Waals surface area contributed by atoms with Crippen molar-refractivity contribution in [1.82, 2.24) is 9.71 Å². The van der Waals surface area contributed by atoms with Gasteiger partial charge in [0.05, 0.1) is 17.0 Å². The van der Waals surface area contributed by atoms with E-state index < -0.39 is 26.7 Å². The molecule has 1 aromatic carbocycles. The number of nitrogens with one attached hydrogen (secondary N) is 1. The first-order chi connectivity index (χ1) is 9.70. The Morgan fingerprint density at radius 1 is 1.29 bits per heavy atom. The van der Waals surface area contributed by atoms with Crippen LogP contribution in [0.2, 0.25) is 0 Å². The molecule has 1 N–H and O–H groups in total. The molecule has 2 aromatic rings. The number of rotatable bonds is 4. The standard InChI is InChI=1S/C12H11F3N2O2S2/c1-8-7-20-11(17-8)6-16-21(18,19)10-5-3-2-4-9(10)12(13,14)15/h2-5,7,16H,6H2,1H3. The lowest BCUT2D eigenvalue weighted by Gasteiger charge is -2.13. The summed E-state index contributed by atoms with van der Waals surface area (Å²) in [4.78, 5) is 3.26. The first-order valence-electron chi connectivity index (χ1n) is 5.77. The number of sulfonamides is 1. The third kappa shape index (κ3) is 3.80. The van der Waals surface area contributed by atoms with Crippen molar-refractivity contribution in [2.75, 3.05) is 0 Å². The maximum absolute atomic E-state index is 12.8. The number of halogens is 3. The van der Waals surface area contributed by atoms with Crippen LogP contribution in [0.4, 0.5) is 13.2 Å². The van der Waals surface area contributed by atoms with E-state index in [4.69, 9.17) is 0 Å². The van der Waals surface area contributed by atoms with Gasteiger partial charge in [-0.15, -0.1) is 11.3 Å². The average Bonchev–Trinajstić information content (AvgIpc) is 2.82. The Hall–Kier alpha value is -1.45. The Bertz CT molecular complexity index is 739. The molecule has 1 aromatic heterocycles. The quantitative estimate of drug-likeness (QED) is 0.934. The maximum Gasteiger partial charge on any atom is 0.417 e. The Morgan fingerprint density at radius 3 is 2.52 bits per heavy atom. The highest BCUT2D eigenvalue weighted by Crippen LogP contribution is 2.33. The van der Waals surface area contributed by atoms with Gasteiger partial charge in [0.2, 0.25) is 10.0 Å². The van der Waals surface area contributed by atoms with Crippen molar-refractivity contribution in [2.24, 2.45) is 0 Å². The third-order valence-corrected chi connectivity index (χ3v) is 4.99. The fraction of sp³-hybridized carbons (Fsp3) is 0.250. The molecule has 1 heterocycles. The number of benzene rings is 1. The van der Waals surface area contributed by atoms with Crippen molar-refractivity contribution in [1.29, 1.82) is 0 Å². The summed E-state index contributed by atoms with van der Waals surface area (Å²) in [6, 6.07) is 4.06. The second kappa shape index (κ2) is 5.74. The van der Waals surface area contributed by atoms with Crippen LogP contribution >= 0.6 is 11.3 Å². The van der Waals surface area contributed by atoms with Crippen molar-refractivity contribution >= 4 is 21.4 Å². The summed E-state index contributed by atoms with van der Waals surface area (Å²) in [6.07, 6.45) is -4.73. The Kier molecular flexibility index (Phi) is 4.35. The molecule has 0 spiro atoms. The van der Waals surface area contributed by atoms with Gasteiger partial charge in [0.1, 0.15) is 5.01 Å². The minimum Gasteiger partial charge on any atom is -0.245 e. The van der Waals surface area contributed by atoms with E-state index >= 15 is 0 Å². The highest BCUT2D eigenvalue weighted by molar-refractivity contribution is 7.89. The molecule has 0 saturated carbocycles. The second-order valence-corrected chi connectivity index (χ2v) is 6.88. The topological polar surface area (TPSA) is 59.1 Å². The number of hydrogen-bond donors (Lipinski definition) is 1. The number of alkyl halides is 3. The van der Waals surface area contributed by atoms with E-state index in [-0.39, 0.29) is 6.54 Å². The lowest BCUT2D eigenvalue weighted by atomic mass is 10.2. The first-order valence-corrected chi connectivity index (χ1v) is 8.13. The van der Waals surface area contributed by atoms with Crippen LogP contribution in [0.1, 0.15) is 16.3 Å². The van der Waals surface area contributed by atoms with Gasteiger partial charge in [-0.3, -0.25) is 0 Å². The predicted molar refractivity (Wildman–Crippen MR) is 72.3 cm³/mol. The van der Waals surface area contributed by atoms with Crippen LogP contribution in [0.5, 0.6) is 0 Å². The van der Waals surface area contributed by atoms with E-state index in [0.717, 1.165) is 23.9 Å².